The predicted molar refractivity (Wildman–Crippen MR) is 118 cm³/mol. The predicted octanol–water partition coefficient (Wildman–Crippen LogP) is 4.84. The lowest BCUT2D eigenvalue weighted by Gasteiger charge is -2.13. The SMILES string of the molecule is CCNC(=O)c1onc(-c2cc(C(C)C)c(O)cc2O)c1-c1ccc2cnccc2c1. The molecule has 4 aromatic rings. The van der Waals surface area contributed by atoms with Crippen molar-refractivity contribution in [2.24, 2.45) is 0 Å². The number of nitrogens with one attached hydrogen (secondary N) is 1. The van der Waals surface area contributed by atoms with Gasteiger partial charge in [-0.3, -0.25) is 9.78 Å². The van der Waals surface area contributed by atoms with Crippen LogP contribution in [-0.4, -0.2) is 32.8 Å². The number of fused-ring (bicyclic) bond motifs is 1. The molecule has 31 heavy (non-hydrogen) atoms. The highest BCUT2D eigenvalue weighted by Crippen LogP contribution is 2.42. The Bertz CT molecular complexity index is 1280. The lowest BCUT2D eigenvalue weighted by molar-refractivity contribution is 0.0920. The van der Waals surface area contributed by atoms with E-state index in [1.54, 1.807) is 18.5 Å². The first-order valence-corrected chi connectivity index (χ1v) is 10.1. The van der Waals surface area contributed by atoms with Gasteiger partial charge in [-0.2, -0.15) is 0 Å². The van der Waals surface area contributed by atoms with Crippen molar-refractivity contribution in [2.75, 3.05) is 6.54 Å². The van der Waals surface area contributed by atoms with Crippen molar-refractivity contribution >= 4 is 16.7 Å². The second-order valence-electron chi connectivity index (χ2n) is 7.62. The highest BCUT2D eigenvalue weighted by molar-refractivity contribution is 6.03. The molecule has 7 heteroatoms. The highest BCUT2D eigenvalue weighted by atomic mass is 16.5. The Hall–Kier alpha value is -3.87. The van der Waals surface area contributed by atoms with E-state index in [-0.39, 0.29) is 23.2 Å². The van der Waals surface area contributed by atoms with Gasteiger partial charge in [0.05, 0.1) is 5.56 Å². The minimum Gasteiger partial charge on any atom is -0.508 e. The number of hydrogen-bond acceptors (Lipinski definition) is 6. The molecule has 0 unspecified atom stereocenters. The topological polar surface area (TPSA) is 108 Å². The van der Waals surface area contributed by atoms with Crippen molar-refractivity contribution in [1.29, 1.82) is 0 Å². The summed E-state index contributed by atoms with van der Waals surface area (Å²) in [7, 11) is 0. The van der Waals surface area contributed by atoms with E-state index in [0.717, 1.165) is 16.3 Å². The van der Waals surface area contributed by atoms with Gasteiger partial charge >= 0.3 is 0 Å². The largest absolute Gasteiger partial charge is 0.508 e. The molecule has 0 aliphatic rings. The summed E-state index contributed by atoms with van der Waals surface area (Å²) in [4.78, 5) is 16.8. The van der Waals surface area contributed by atoms with E-state index in [1.807, 2.05) is 45.0 Å². The van der Waals surface area contributed by atoms with Crippen LogP contribution in [0.15, 0.2) is 53.3 Å². The molecular weight excluding hydrogens is 394 g/mol. The minimum atomic E-state index is -0.395. The quantitative estimate of drug-likeness (QED) is 0.429. The Morgan fingerprint density at radius 2 is 1.90 bits per heavy atom. The molecule has 0 spiro atoms. The van der Waals surface area contributed by atoms with E-state index in [4.69, 9.17) is 4.52 Å². The van der Waals surface area contributed by atoms with Crippen LogP contribution in [0.25, 0.3) is 33.2 Å². The zero-order valence-electron chi connectivity index (χ0n) is 17.5. The van der Waals surface area contributed by atoms with Gasteiger partial charge in [0.1, 0.15) is 17.2 Å². The molecule has 0 aliphatic carbocycles. The molecule has 1 amide bonds. The summed E-state index contributed by atoms with van der Waals surface area (Å²) >= 11 is 0. The zero-order chi connectivity index (χ0) is 22.1. The van der Waals surface area contributed by atoms with Crippen molar-refractivity contribution < 1.29 is 19.5 Å². The molecule has 0 saturated carbocycles. The summed E-state index contributed by atoms with van der Waals surface area (Å²) < 4.78 is 5.47. The standard InChI is InChI=1S/C24H23N3O4/c1-4-26-24(30)23-21(15-5-6-16-12-25-8-7-14(16)9-15)22(27-31-23)18-10-17(13(2)3)19(28)11-20(18)29/h5-13,28-29H,4H2,1-3H3,(H,26,30). The first kappa shape index (κ1) is 20.4. The van der Waals surface area contributed by atoms with Crippen LogP contribution < -0.4 is 5.32 Å². The first-order valence-electron chi connectivity index (χ1n) is 10.1. The van der Waals surface area contributed by atoms with Crippen molar-refractivity contribution in [3.05, 3.63) is 60.1 Å². The molecule has 0 aliphatic heterocycles. The molecule has 4 rings (SSSR count). The number of aromatic nitrogens is 2. The monoisotopic (exact) mass is 417 g/mol. The molecule has 0 atom stereocenters. The van der Waals surface area contributed by atoms with E-state index in [9.17, 15) is 15.0 Å². The fourth-order valence-electron chi connectivity index (χ4n) is 3.62. The summed E-state index contributed by atoms with van der Waals surface area (Å²) in [6, 6.07) is 10.6. The van der Waals surface area contributed by atoms with Gasteiger partial charge in [-0.25, -0.2) is 0 Å². The van der Waals surface area contributed by atoms with Crippen LogP contribution in [0.1, 0.15) is 42.8 Å². The molecular formula is C24H23N3O4. The maximum absolute atomic E-state index is 12.7. The summed E-state index contributed by atoms with van der Waals surface area (Å²) in [5, 5.41) is 29.6. The smallest absolute Gasteiger partial charge is 0.290 e. The maximum Gasteiger partial charge on any atom is 0.290 e. The third-order valence-electron chi connectivity index (χ3n) is 5.19. The summed E-state index contributed by atoms with van der Waals surface area (Å²) in [6.45, 7) is 6.13. The van der Waals surface area contributed by atoms with E-state index in [0.29, 0.717) is 28.9 Å². The van der Waals surface area contributed by atoms with Gasteiger partial charge in [-0.15, -0.1) is 0 Å². The van der Waals surface area contributed by atoms with E-state index in [2.05, 4.69) is 15.5 Å². The third-order valence-corrected chi connectivity index (χ3v) is 5.19. The van der Waals surface area contributed by atoms with Gasteiger partial charge in [0.25, 0.3) is 5.91 Å². The molecule has 0 bridgehead atoms. The van der Waals surface area contributed by atoms with Crippen LogP contribution in [0.2, 0.25) is 0 Å². The average molecular weight is 417 g/mol. The van der Waals surface area contributed by atoms with Gasteiger partial charge in [0.2, 0.25) is 5.76 Å². The molecule has 0 fully saturated rings. The Kier molecular flexibility index (Phi) is 5.33. The van der Waals surface area contributed by atoms with Crippen LogP contribution in [0.5, 0.6) is 11.5 Å². The second-order valence-corrected chi connectivity index (χ2v) is 7.62. The van der Waals surface area contributed by atoms with Gasteiger partial charge in [0, 0.05) is 36.0 Å². The van der Waals surface area contributed by atoms with E-state index < -0.39 is 5.91 Å². The number of nitrogens with zero attached hydrogens (tertiary/aromatic N) is 2. The Labute approximate surface area is 179 Å². The molecule has 7 nitrogen and oxygen atoms in total. The molecule has 0 saturated heterocycles. The van der Waals surface area contributed by atoms with Gasteiger partial charge < -0.3 is 20.1 Å². The summed E-state index contributed by atoms with van der Waals surface area (Å²) in [5.41, 5.74) is 2.56. The number of pyridine rings is 1. The van der Waals surface area contributed by atoms with Crippen molar-refractivity contribution in [2.45, 2.75) is 26.7 Å². The number of hydrogen-bond donors (Lipinski definition) is 3. The van der Waals surface area contributed by atoms with Gasteiger partial charge in [0.15, 0.2) is 0 Å². The van der Waals surface area contributed by atoms with E-state index >= 15 is 0 Å². The fourth-order valence-corrected chi connectivity index (χ4v) is 3.62. The Balaban J connectivity index is 1.98. The van der Waals surface area contributed by atoms with Crippen molar-refractivity contribution in [3.63, 3.8) is 0 Å². The molecule has 2 aromatic heterocycles. The lowest BCUT2D eigenvalue weighted by atomic mass is 9.93. The Morgan fingerprint density at radius 3 is 2.65 bits per heavy atom. The summed E-state index contributed by atoms with van der Waals surface area (Å²) in [6.07, 6.45) is 3.46. The minimum absolute atomic E-state index is 0.00319. The normalized spacial score (nSPS) is 11.2. The maximum atomic E-state index is 12.7. The number of carbonyl (C=O) groups excluding carboxylic acids is 1. The molecule has 3 N–H and O–H groups in total. The van der Waals surface area contributed by atoms with Crippen LogP contribution in [0, 0.1) is 0 Å². The average Bonchev–Trinajstić information content (AvgIpc) is 3.18. The first-order chi connectivity index (χ1) is 14.9. The number of benzene rings is 2. The third kappa shape index (κ3) is 3.70. The number of amides is 1. The molecule has 2 aromatic carbocycles. The van der Waals surface area contributed by atoms with Crippen LogP contribution in [0.3, 0.4) is 0 Å². The number of carbonyl (C=O) groups is 1. The number of phenols is 2. The fraction of sp³-hybridized carbons (Fsp3) is 0.208. The number of rotatable bonds is 5. The number of aromatic hydroxyl groups is 2. The van der Waals surface area contributed by atoms with Gasteiger partial charge in [-0.1, -0.05) is 31.1 Å². The molecule has 2 heterocycles. The van der Waals surface area contributed by atoms with Crippen molar-refractivity contribution in [1.82, 2.24) is 15.5 Å². The highest BCUT2D eigenvalue weighted by Gasteiger charge is 2.27. The Morgan fingerprint density at radius 1 is 1.10 bits per heavy atom. The molecule has 0 radical (unpaired) electrons. The van der Waals surface area contributed by atoms with E-state index in [1.165, 1.54) is 6.07 Å². The summed E-state index contributed by atoms with van der Waals surface area (Å²) in [5.74, 6) is -0.463. The van der Waals surface area contributed by atoms with Crippen LogP contribution in [0.4, 0.5) is 0 Å². The number of phenolic OH excluding ortho intramolecular Hbond substituents is 2. The van der Waals surface area contributed by atoms with Crippen LogP contribution in [-0.2, 0) is 0 Å². The zero-order valence-corrected chi connectivity index (χ0v) is 17.5. The lowest BCUT2D eigenvalue weighted by Crippen LogP contribution is -2.22. The van der Waals surface area contributed by atoms with Crippen molar-refractivity contribution in [3.8, 4) is 33.9 Å². The van der Waals surface area contributed by atoms with Gasteiger partial charge in [-0.05, 0) is 47.6 Å². The van der Waals surface area contributed by atoms with Crippen LogP contribution >= 0.6 is 0 Å². The molecule has 158 valence electrons. The second kappa shape index (κ2) is 8.10.